The number of piperidine rings is 1. The van der Waals surface area contributed by atoms with Gasteiger partial charge in [-0.3, -0.25) is 19.8 Å². The van der Waals surface area contributed by atoms with Crippen LogP contribution >= 0.6 is 11.6 Å². The quantitative estimate of drug-likeness (QED) is 0.307. The molecule has 0 bridgehead atoms. The van der Waals surface area contributed by atoms with Crippen molar-refractivity contribution in [3.8, 4) is 0 Å². The molecular formula is C36H46ClN6O4+. The number of carbonyl (C=O) groups is 2. The minimum atomic E-state index is -0.701. The number of halogens is 1. The third-order valence-electron chi connectivity index (χ3n) is 10.6. The van der Waals surface area contributed by atoms with Gasteiger partial charge in [0.15, 0.2) is 0 Å². The summed E-state index contributed by atoms with van der Waals surface area (Å²) >= 11 is 6.47. The second-order valence-electron chi connectivity index (χ2n) is 13.9. The summed E-state index contributed by atoms with van der Waals surface area (Å²) in [5.41, 5.74) is 5.04. The molecule has 4 aliphatic rings. The van der Waals surface area contributed by atoms with Crippen LogP contribution in [0.25, 0.3) is 0 Å². The normalized spacial score (nSPS) is 23.9. The van der Waals surface area contributed by atoms with Crippen LogP contribution < -0.4 is 4.73 Å². The number of nitrogens with zero attached hydrogens (tertiary/aromatic N) is 6. The Bertz CT molecular complexity index is 1610. The number of carbonyl (C=O) groups excluding carboxylic acids is 2. The Morgan fingerprint density at radius 1 is 1.02 bits per heavy atom. The van der Waals surface area contributed by atoms with Crippen molar-refractivity contribution in [1.82, 2.24) is 24.3 Å². The lowest BCUT2D eigenvalue weighted by atomic mass is 9.94. The third kappa shape index (κ3) is 6.85. The van der Waals surface area contributed by atoms with Gasteiger partial charge >= 0.3 is 6.09 Å². The molecule has 10 nitrogen and oxygen atoms in total. The first-order chi connectivity index (χ1) is 22.8. The van der Waals surface area contributed by atoms with Crippen LogP contribution in [-0.2, 0) is 28.9 Å². The number of piperazine rings is 1. The Morgan fingerprint density at radius 3 is 2.66 bits per heavy atom. The van der Waals surface area contributed by atoms with Gasteiger partial charge in [0, 0.05) is 66.8 Å². The van der Waals surface area contributed by atoms with E-state index in [1.807, 2.05) is 42.5 Å². The maximum absolute atomic E-state index is 14.6. The van der Waals surface area contributed by atoms with Gasteiger partial charge in [0.2, 0.25) is 12.1 Å². The first-order valence-corrected chi connectivity index (χ1v) is 17.7. The molecule has 7 rings (SSSR count). The SMILES string of the molecule is Cc1cn(C[C@@H]2CCCN(C(=O)[C@H]3CN([C@@H]4c5ccc(Cl)cc5CCc5ccc[n+](O)c54)CCN3C(=O)OC3CCCCC3)C2)cn1. The molecular weight excluding hydrogens is 616 g/mol. The summed E-state index contributed by atoms with van der Waals surface area (Å²) in [4.78, 5) is 38.8. The molecule has 1 aromatic carbocycles. The number of rotatable bonds is 5. The largest absolute Gasteiger partial charge is 0.446 e. The van der Waals surface area contributed by atoms with Crippen LogP contribution in [0.2, 0.25) is 5.02 Å². The van der Waals surface area contributed by atoms with Gasteiger partial charge in [-0.2, -0.15) is 0 Å². The highest BCUT2D eigenvalue weighted by molar-refractivity contribution is 6.30. The second kappa shape index (κ2) is 13.8. The Morgan fingerprint density at radius 2 is 1.85 bits per heavy atom. The standard InChI is InChI=1S/C36H46ClN6O4/c1-25-20-39(24-38-25)21-26-7-5-15-41(22-26)35(44)32-23-40(17-18-42(32)36(45)47-30-9-3-2-4-10-30)34-31-14-13-29(37)19-28(31)12-11-27-8-6-16-43(46)33(27)34/h6,8,13-14,16,19-20,24,26,30,32,34,46H,2-5,7,9-12,15,17-18,21-23H2,1H3/q+1/t26-,32+,34+/m0/s1. The molecule has 2 saturated heterocycles. The van der Waals surface area contributed by atoms with Crippen molar-refractivity contribution in [3.05, 3.63) is 82.2 Å². The minimum Gasteiger partial charge on any atom is -0.446 e. The Kier molecular flexibility index (Phi) is 9.41. The lowest BCUT2D eigenvalue weighted by Gasteiger charge is -2.45. The molecule has 3 fully saturated rings. The summed E-state index contributed by atoms with van der Waals surface area (Å²) in [5.74, 6) is 0.277. The first-order valence-electron chi connectivity index (χ1n) is 17.3. The van der Waals surface area contributed by atoms with Crippen molar-refractivity contribution in [2.45, 2.75) is 89.4 Å². The van der Waals surface area contributed by atoms with Crippen molar-refractivity contribution in [2.75, 3.05) is 32.7 Å². The molecule has 4 heterocycles. The minimum absolute atomic E-state index is 0.0306. The number of ether oxygens (including phenoxy) is 1. The van der Waals surface area contributed by atoms with Crippen molar-refractivity contribution in [3.63, 3.8) is 0 Å². The highest BCUT2D eigenvalue weighted by atomic mass is 35.5. The van der Waals surface area contributed by atoms with E-state index >= 15 is 0 Å². The molecule has 2 aromatic heterocycles. The number of amides is 2. The molecule has 3 atom stereocenters. The van der Waals surface area contributed by atoms with Crippen LogP contribution in [0.15, 0.2) is 49.1 Å². The molecule has 0 spiro atoms. The van der Waals surface area contributed by atoms with Crippen LogP contribution in [0.3, 0.4) is 0 Å². The van der Waals surface area contributed by atoms with Gasteiger partial charge < -0.3 is 14.2 Å². The van der Waals surface area contributed by atoms with Crippen molar-refractivity contribution >= 4 is 23.6 Å². The zero-order valence-corrected chi connectivity index (χ0v) is 28.0. The Balaban J connectivity index is 1.19. The first kappa shape index (κ1) is 31.9. The van der Waals surface area contributed by atoms with E-state index < -0.39 is 6.04 Å². The smallest absolute Gasteiger partial charge is 0.410 e. The number of aryl methyl sites for hydroxylation is 3. The van der Waals surface area contributed by atoms with Crippen LogP contribution in [0.5, 0.6) is 0 Å². The monoisotopic (exact) mass is 661 g/mol. The molecule has 47 heavy (non-hydrogen) atoms. The van der Waals surface area contributed by atoms with E-state index in [1.165, 1.54) is 11.2 Å². The molecule has 1 saturated carbocycles. The van der Waals surface area contributed by atoms with Gasteiger partial charge in [-0.1, -0.05) is 24.1 Å². The zero-order chi connectivity index (χ0) is 32.5. The molecule has 2 aliphatic heterocycles. The predicted molar refractivity (Wildman–Crippen MR) is 176 cm³/mol. The molecule has 2 amide bonds. The lowest BCUT2D eigenvalue weighted by molar-refractivity contribution is -0.911. The van der Waals surface area contributed by atoms with Gasteiger partial charge in [0.1, 0.15) is 18.2 Å². The third-order valence-corrected chi connectivity index (χ3v) is 10.8. The maximum atomic E-state index is 14.6. The van der Waals surface area contributed by atoms with E-state index in [9.17, 15) is 14.8 Å². The van der Waals surface area contributed by atoms with E-state index in [2.05, 4.69) is 26.6 Å². The fourth-order valence-electron chi connectivity index (χ4n) is 8.27. The lowest BCUT2D eigenvalue weighted by Crippen LogP contribution is -2.63. The molecule has 1 N–H and O–H groups in total. The summed E-state index contributed by atoms with van der Waals surface area (Å²) in [6, 6.07) is 8.90. The number of hydrogen-bond donors (Lipinski definition) is 1. The molecule has 0 unspecified atom stereocenters. The fourth-order valence-corrected chi connectivity index (χ4v) is 8.46. The number of fused-ring (bicyclic) bond motifs is 2. The van der Waals surface area contributed by atoms with E-state index in [1.54, 1.807) is 11.1 Å². The van der Waals surface area contributed by atoms with Crippen LogP contribution in [-0.4, -0.2) is 86.3 Å². The molecule has 250 valence electrons. The van der Waals surface area contributed by atoms with Gasteiger partial charge in [-0.05, 0) is 93.5 Å². The van der Waals surface area contributed by atoms with Crippen molar-refractivity contribution < 1.29 is 24.3 Å². The Labute approximate surface area is 281 Å². The Hall–Kier alpha value is -3.63. The molecule has 3 aromatic rings. The number of pyridine rings is 1. The van der Waals surface area contributed by atoms with E-state index in [4.69, 9.17) is 16.3 Å². The highest BCUT2D eigenvalue weighted by Crippen LogP contribution is 2.38. The summed E-state index contributed by atoms with van der Waals surface area (Å²) in [7, 11) is 0. The maximum Gasteiger partial charge on any atom is 0.410 e. The number of benzene rings is 1. The number of likely N-dealkylation sites (tertiary alicyclic amines) is 1. The second-order valence-corrected chi connectivity index (χ2v) is 14.3. The fraction of sp³-hybridized carbons (Fsp3) is 0.556. The van der Waals surface area contributed by atoms with E-state index in [0.717, 1.165) is 86.0 Å². The summed E-state index contributed by atoms with van der Waals surface area (Å²) in [6.07, 6.45) is 13.7. The van der Waals surface area contributed by atoms with Crippen molar-refractivity contribution in [2.24, 2.45) is 5.92 Å². The highest BCUT2D eigenvalue weighted by Gasteiger charge is 2.45. The van der Waals surface area contributed by atoms with E-state index in [0.29, 0.717) is 43.7 Å². The van der Waals surface area contributed by atoms with Crippen LogP contribution in [0.1, 0.15) is 79.1 Å². The summed E-state index contributed by atoms with van der Waals surface area (Å²) in [5, 5.41) is 11.9. The number of imidazole rings is 1. The molecule has 2 aliphatic carbocycles. The summed E-state index contributed by atoms with van der Waals surface area (Å²) in [6.45, 7) is 5.34. The van der Waals surface area contributed by atoms with Gasteiger partial charge in [0.05, 0.1) is 12.0 Å². The van der Waals surface area contributed by atoms with Crippen LogP contribution in [0.4, 0.5) is 4.79 Å². The summed E-state index contributed by atoms with van der Waals surface area (Å²) < 4.78 is 9.42. The molecule has 11 heteroatoms. The predicted octanol–water partition coefficient (Wildman–Crippen LogP) is 4.95. The van der Waals surface area contributed by atoms with Gasteiger partial charge in [0.25, 0.3) is 5.69 Å². The topological polar surface area (TPSA) is 95.0 Å². The van der Waals surface area contributed by atoms with E-state index in [-0.39, 0.29) is 24.1 Å². The van der Waals surface area contributed by atoms with Gasteiger partial charge in [-0.15, -0.1) is 0 Å². The van der Waals surface area contributed by atoms with Crippen LogP contribution in [0, 0.1) is 12.8 Å². The van der Waals surface area contributed by atoms with Crippen molar-refractivity contribution in [1.29, 1.82) is 0 Å². The van der Waals surface area contributed by atoms with Gasteiger partial charge in [-0.25, -0.2) is 9.78 Å². The zero-order valence-electron chi connectivity index (χ0n) is 27.3. The number of aromatic nitrogens is 3. The molecule has 0 radical (unpaired) electrons. The average molecular weight is 662 g/mol. The average Bonchev–Trinajstić information content (AvgIpc) is 3.41. The number of hydrogen-bond acceptors (Lipinski definition) is 6.